The van der Waals surface area contributed by atoms with Crippen molar-refractivity contribution >= 4 is 5.91 Å². The van der Waals surface area contributed by atoms with Crippen molar-refractivity contribution in [2.45, 2.75) is 19.4 Å². The van der Waals surface area contributed by atoms with Gasteiger partial charge in [0.05, 0.1) is 13.2 Å². The average molecular weight is 249 g/mol. The lowest BCUT2D eigenvalue weighted by atomic mass is 10.1. The molecule has 0 aliphatic heterocycles. The standard InChI is InChI=1S/C14H19NO3/c16-11-14(6-7-14)10-15-13(17)9-18-8-12-4-2-1-3-5-12/h1-5,16H,6-11H2,(H,15,17). The molecule has 0 aromatic heterocycles. The summed E-state index contributed by atoms with van der Waals surface area (Å²) >= 11 is 0. The van der Waals surface area contributed by atoms with Gasteiger partial charge in [-0.15, -0.1) is 0 Å². The van der Waals surface area contributed by atoms with Gasteiger partial charge in [0.25, 0.3) is 0 Å². The molecule has 0 radical (unpaired) electrons. The number of ether oxygens (including phenoxy) is 1. The van der Waals surface area contributed by atoms with Gasteiger partial charge in [-0.2, -0.15) is 0 Å². The second-order valence-corrected chi connectivity index (χ2v) is 4.91. The third-order valence-electron chi connectivity index (χ3n) is 3.30. The average Bonchev–Trinajstić information content (AvgIpc) is 3.18. The van der Waals surface area contributed by atoms with Gasteiger partial charge in [-0.25, -0.2) is 0 Å². The Bertz CT molecular complexity index is 387. The van der Waals surface area contributed by atoms with Crippen LogP contribution in [0.2, 0.25) is 0 Å². The van der Waals surface area contributed by atoms with Gasteiger partial charge in [0, 0.05) is 12.0 Å². The molecule has 4 heteroatoms. The number of benzene rings is 1. The fraction of sp³-hybridized carbons (Fsp3) is 0.500. The zero-order valence-electron chi connectivity index (χ0n) is 10.4. The molecule has 1 saturated carbocycles. The van der Waals surface area contributed by atoms with Crippen molar-refractivity contribution in [2.24, 2.45) is 5.41 Å². The zero-order valence-corrected chi connectivity index (χ0v) is 10.4. The van der Waals surface area contributed by atoms with Gasteiger partial charge in [-0.1, -0.05) is 30.3 Å². The molecule has 0 spiro atoms. The van der Waals surface area contributed by atoms with Crippen LogP contribution in [0.5, 0.6) is 0 Å². The number of carbonyl (C=O) groups is 1. The van der Waals surface area contributed by atoms with Gasteiger partial charge in [-0.05, 0) is 18.4 Å². The van der Waals surface area contributed by atoms with Crippen molar-refractivity contribution in [1.82, 2.24) is 5.32 Å². The molecule has 98 valence electrons. The van der Waals surface area contributed by atoms with Gasteiger partial charge in [0.2, 0.25) is 5.91 Å². The molecule has 18 heavy (non-hydrogen) atoms. The van der Waals surface area contributed by atoms with Crippen LogP contribution in [0.4, 0.5) is 0 Å². The Labute approximate surface area is 107 Å². The molecule has 1 amide bonds. The van der Waals surface area contributed by atoms with E-state index in [4.69, 9.17) is 9.84 Å². The molecule has 1 aliphatic rings. The Morgan fingerprint density at radius 2 is 2.06 bits per heavy atom. The van der Waals surface area contributed by atoms with Gasteiger partial charge in [0.15, 0.2) is 0 Å². The second kappa shape index (κ2) is 5.98. The Hall–Kier alpha value is -1.39. The first kappa shape index (κ1) is 13.1. The van der Waals surface area contributed by atoms with Crippen LogP contribution in [0, 0.1) is 5.41 Å². The van der Waals surface area contributed by atoms with Crippen LogP contribution in [0.1, 0.15) is 18.4 Å². The summed E-state index contributed by atoms with van der Waals surface area (Å²) in [4.78, 5) is 11.5. The summed E-state index contributed by atoms with van der Waals surface area (Å²) < 4.78 is 5.33. The topological polar surface area (TPSA) is 58.6 Å². The molecule has 1 aromatic rings. The third-order valence-corrected chi connectivity index (χ3v) is 3.30. The maximum Gasteiger partial charge on any atom is 0.246 e. The molecular weight excluding hydrogens is 230 g/mol. The van der Waals surface area contributed by atoms with E-state index in [0.717, 1.165) is 18.4 Å². The maximum atomic E-state index is 11.5. The predicted molar refractivity (Wildman–Crippen MR) is 67.9 cm³/mol. The van der Waals surface area contributed by atoms with Crippen LogP contribution in [-0.2, 0) is 16.1 Å². The van der Waals surface area contributed by atoms with Crippen molar-refractivity contribution in [3.63, 3.8) is 0 Å². The number of aliphatic hydroxyl groups excluding tert-OH is 1. The molecule has 1 aromatic carbocycles. The quantitative estimate of drug-likeness (QED) is 0.760. The van der Waals surface area contributed by atoms with Crippen LogP contribution in [0.25, 0.3) is 0 Å². The van der Waals surface area contributed by atoms with Crippen LogP contribution < -0.4 is 5.32 Å². The van der Waals surface area contributed by atoms with Gasteiger partial charge in [-0.3, -0.25) is 4.79 Å². The first-order valence-electron chi connectivity index (χ1n) is 6.23. The summed E-state index contributed by atoms with van der Waals surface area (Å²) in [5.41, 5.74) is 1.01. The smallest absolute Gasteiger partial charge is 0.246 e. The van der Waals surface area contributed by atoms with Crippen LogP contribution in [0.3, 0.4) is 0 Å². The minimum atomic E-state index is -0.120. The molecule has 1 aliphatic carbocycles. The highest BCUT2D eigenvalue weighted by molar-refractivity contribution is 5.77. The van der Waals surface area contributed by atoms with Crippen molar-refractivity contribution in [2.75, 3.05) is 19.8 Å². The lowest BCUT2D eigenvalue weighted by Crippen LogP contribution is -2.34. The van der Waals surface area contributed by atoms with Crippen LogP contribution >= 0.6 is 0 Å². The first-order valence-corrected chi connectivity index (χ1v) is 6.23. The molecule has 2 rings (SSSR count). The minimum Gasteiger partial charge on any atom is -0.396 e. The Morgan fingerprint density at radius 3 is 2.67 bits per heavy atom. The number of rotatable bonds is 7. The molecule has 0 heterocycles. The minimum absolute atomic E-state index is 0.0465. The van der Waals surface area contributed by atoms with Crippen molar-refractivity contribution in [1.29, 1.82) is 0 Å². The summed E-state index contributed by atoms with van der Waals surface area (Å²) in [5, 5.41) is 11.9. The fourth-order valence-corrected chi connectivity index (χ4v) is 1.74. The van der Waals surface area contributed by atoms with E-state index in [1.54, 1.807) is 0 Å². The summed E-state index contributed by atoms with van der Waals surface area (Å²) in [6.45, 7) is 1.21. The molecule has 0 bridgehead atoms. The molecular formula is C14H19NO3. The van der Waals surface area contributed by atoms with Crippen molar-refractivity contribution in [3.05, 3.63) is 35.9 Å². The van der Waals surface area contributed by atoms with E-state index >= 15 is 0 Å². The molecule has 2 N–H and O–H groups in total. The summed E-state index contributed by atoms with van der Waals surface area (Å²) in [5.74, 6) is -0.120. The van der Waals surface area contributed by atoms with E-state index in [9.17, 15) is 4.79 Å². The number of hydrogen-bond acceptors (Lipinski definition) is 3. The monoisotopic (exact) mass is 249 g/mol. The second-order valence-electron chi connectivity index (χ2n) is 4.91. The number of amides is 1. The van der Waals surface area contributed by atoms with E-state index in [-0.39, 0.29) is 24.5 Å². The molecule has 0 saturated heterocycles. The summed E-state index contributed by atoms with van der Waals surface area (Å²) in [7, 11) is 0. The van der Waals surface area contributed by atoms with Crippen LogP contribution in [-0.4, -0.2) is 30.8 Å². The lowest BCUT2D eigenvalue weighted by Gasteiger charge is -2.12. The van der Waals surface area contributed by atoms with Crippen molar-refractivity contribution in [3.8, 4) is 0 Å². The molecule has 1 fully saturated rings. The van der Waals surface area contributed by atoms with Crippen molar-refractivity contribution < 1.29 is 14.6 Å². The largest absolute Gasteiger partial charge is 0.396 e. The Balaban J connectivity index is 1.60. The van der Waals surface area contributed by atoms with Gasteiger partial charge >= 0.3 is 0 Å². The van der Waals surface area contributed by atoms with E-state index in [1.165, 1.54) is 0 Å². The number of carbonyl (C=O) groups excluding carboxylic acids is 1. The Morgan fingerprint density at radius 1 is 1.33 bits per heavy atom. The number of hydrogen-bond donors (Lipinski definition) is 2. The highest BCUT2D eigenvalue weighted by Crippen LogP contribution is 2.44. The molecule has 4 nitrogen and oxygen atoms in total. The summed E-state index contributed by atoms with van der Waals surface area (Å²) in [6.07, 6.45) is 1.99. The van der Waals surface area contributed by atoms with E-state index in [2.05, 4.69) is 5.32 Å². The number of nitrogens with one attached hydrogen (secondary N) is 1. The normalized spacial score (nSPS) is 16.3. The SMILES string of the molecule is O=C(COCc1ccccc1)NCC1(CO)CC1. The summed E-state index contributed by atoms with van der Waals surface area (Å²) in [6, 6.07) is 9.75. The highest BCUT2D eigenvalue weighted by Gasteiger charge is 2.41. The first-order chi connectivity index (χ1) is 8.74. The zero-order chi connectivity index (χ0) is 12.8. The van der Waals surface area contributed by atoms with Gasteiger partial charge < -0.3 is 15.2 Å². The highest BCUT2D eigenvalue weighted by atomic mass is 16.5. The number of aliphatic hydroxyl groups is 1. The lowest BCUT2D eigenvalue weighted by molar-refractivity contribution is -0.126. The third kappa shape index (κ3) is 3.82. The Kier molecular flexibility index (Phi) is 4.33. The van der Waals surface area contributed by atoms with E-state index in [0.29, 0.717) is 13.2 Å². The van der Waals surface area contributed by atoms with Crippen LogP contribution in [0.15, 0.2) is 30.3 Å². The van der Waals surface area contributed by atoms with E-state index < -0.39 is 0 Å². The maximum absolute atomic E-state index is 11.5. The molecule has 0 atom stereocenters. The fourth-order valence-electron chi connectivity index (χ4n) is 1.74. The van der Waals surface area contributed by atoms with E-state index in [1.807, 2.05) is 30.3 Å². The van der Waals surface area contributed by atoms with Gasteiger partial charge in [0.1, 0.15) is 6.61 Å². The molecule has 0 unspecified atom stereocenters. The predicted octanol–water partition coefficient (Wildman–Crippen LogP) is 1.09.